The van der Waals surface area contributed by atoms with Gasteiger partial charge >= 0.3 is 0 Å². The summed E-state index contributed by atoms with van der Waals surface area (Å²) in [7, 11) is 0. The lowest BCUT2D eigenvalue weighted by atomic mass is 10.4. The molecule has 0 aromatic carbocycles. The number of hydrogen-bond donors (Lipinski definition) is 1. The summed E-state index contributed by atoms with van der Waals surface area (Å²) in [5.74, 6) is 0.0675. The SMILES string of the molecule is CCNc1snnc1CN1C(=O)CSC1=O. The van der Waals surface area contributed by atoms with Crippen molar-refractivity contribution in [3.63, 3.8) is 0 Å². The molecule has 0 aliphatic carbocycles. The van der Waals surface area contributed by atoms with Crippen molar-refractivity contribution in [3.8, 4) is 0 Å². The minimum atomic E-state index is -0.208. The Morgan fingerprint density at radius 1 is 1.50 bits per heavy atom. The maximum Gasteiger partial charge on any atom is 0.289 e. The molecule has 8 heteroatoms. The molecular weight excluding hydrogens is 248 g/mol. The molecule has 2 amide bonds. The second-order valence-electron chi connectivity index (χ2n) is 3.11. The summed E-state index contributed by atoms with van der Waals surface area (Å²) >= 11 is 2.26. The van der Waals surface area contributed by atoms with Crippen LogP contribution in [0.3, 0.4) is 0 Å². The number of carbonyl (C=O) groups excluding carboxylic acids is 2. The molecule has 0 saturated carbocycles. The molecule has 1 aromatic heterocycles. The number of nitrogens with one attached hydrogen (secondary N) is 1. The predicted octanol–water partition coefficient (Wildman–Crippen LogP) is 1.17. The summed E-state index contributed by atoms with van der Waals surface area (Å²) in [6, 6.07) is 0. The van der Waals surface area contributed by atoms with Crippen LogP contribution in [0.15, 0.2) is 0 Å². The number of thioether (sulfide) groups is 1. The van der Waals surface area contributed by atoms with Crippen LogP contribution in [0.25, 0.3) is 0 Å². The third-order valence-electron chi connectivity index (χ3n) is 2.04. The molecule has 0 radical (unpaired) electrons. The molecule has 86 valence electrons. The molecular formula is C8H10N4O2S2. The first-order chi connectivity index (χ1) is 7.72. The molecule has 16 heavy (non-hydrogen) atoms. The van der Waals surface area contributed by atoms with Crippen LogP contribution in [0.4, 0.5) is 9.80 Å². The number of imide groups is 1. The lowest BCUT2D eigenvalue weighted by Gasteiger charge is -2.11. The zero-order valence-electron chi connectivity index (χ0n) is 8.60. The number of rotatable bonds is 4. The summed E-state index contributed by atoms with van der Waals surface area (Å²) in [5, 5.41) is 7.63. The lowest BCUT2D eigenvalue weighted by Crippen LogP contribution is -2.28. The minimum Gasteiger partial charge on any atom is -0.374 e. The van der Waals surface area contributed by atoms with Crippen LogP contribution >= 0.6 is 23.3 Å². The van der Waals surface area contributed by atoms with Crippen LogP contribution in [0.5, 0.6) is 0 Å². The second-order valence-corrected chi connectivity index (χ2v) is 4.79. The third-order valence-corrected chi connectivity index (χ3v) is 3.63. The summed E-state index contributed by atoms with van der Waals surface area (Å²) in [5.41, 5.74) is 0.649. The zero-order valence-corrected chi connectivity index (χ0v) is 10.2. The van der Waals surface area contributed by atoms with E-state index in [4.69, 9.17) is 0 Å². The van der Waals surface area contributed by atoms with Crippen molar-refractivity contribution in [2.45, 2.75) is 13.5 Å². The Hall–Kier alpha value is -1.15. The Kier molecular flexibility index (Phi) is 3.39. The first-order valence-corrected chi connectivity index (χ1v) is 6.50. The fraction of sp³-hybridized carbons (Fsp3) is 0.500. The van der Waals surface area contributed by atoms with Crippen LogP contribution < -0.4 is 5.32 Å². The molecule has 1 N–H and O–H groups in total. The third kappa shape index (κ3) is 2.17. The maximum atomic E-state index is 11.4. The van der Waals surface area contributed by atoms with Crippen LogP contribution in [-0.4, -0.2) is 37.9 Å². The van der Waals surface area contributed by atoms with Gasteiger partial charge in [0.25, 0.3) is 5.24 Å². The normalized spacial score (nSPS) is 15.9. The van der Waals surface area contributed by atoms with Gasteiger partial charge < -0.3 is 5.32 Å². The first-order valence-electron chi connectivity index (χ1n) is 4.74. The monoisotopic (exact) mass is 258 g/mol. The van der Waals surface area contributed by atoms with Crippen molar-refractivity contribution in [1.82, 2.24) is 14.5 Å². The van der Waals surface area contributed by atoms with Gasteiger partial charge in [0.15, 0.2) is 0 Å². The summed E-state index contributed by atoms with van der Waals surface area (Å²) in [4.78, 5) is 24.0. The van der Waals surface area contributed by atoms with E-state index >= 15 is 0 Å². The summed E-state index contributed by atoms with van der Waals surface area (Å²) < 4.78 is 3.81. The highest BCUT2D eigenvalue weighted by Crippen LogP contribution is 2.24. The summed E-state index contributed by atoms with van der Waals surface area (Å²) in [6.07, 6.45) is 0. The largest absolute Gasteiger partial charge is 0.374 e. The van der Waals surface area contributed by atoms with Gasteiger partial charge in [-0.2, -0.15) is 0 Å². The van der Waals surface area contributed by atoms with E-state index < -0.39 is 0 Å². The average molecular weight is 258 g/mol. The fourth-order valence-electron chi connectivity index (χ4n) is 1.29. The van der Waals surface area contributed by atoms with E-state index in [2.05, 4.69) is 14.9 Å². The first kappa shape index (κ1) is 11.3. The van der Waals surface area contributed by atoms with Gasteiger partial charge in [0, 0.05) is 18.1 Å². The van der Waals surface area contributed by atoms with Crippen LogP contribution in [0, 0.1) is 0 Å². The van der Waals surface area contributed by atoms with Crippen LogP contribution in [0.2, 0.25) is 0 Å². The molecule has 1 aliphatic rings. The predicted molar refractivity (Wildman–Crippen MR) is 62.5 cm³/mol. The molecule has 0 spiro atoms. The number of carbonyl (C=O) groups is 2. The molecule has 6 nitrogen and oxygen atoms in total. The average Bonchev–Trinajstić information content (AvgIpc) is 2.81. The van der Waals surface area contributed by atoms with E-state index in [0.29, 0.717) is 5.69 Å². The van der Waals surface area contributed by atoms with Crippen molar-refractivity contribution >= 4 is 39.4 Å². The molecule has 1 fully saturated rings. The van der Waals surface area contributed by atoms with E-state index in [1.165, 1.54) is 16.4 Å². The Balaban J connectivity index is 2.11. The number of anilines is 1. The number of nitrogens with zero attached hydrogens (tertiary/aromatic N) is 3. The highest BCUT2D eigenvalue weighted by atomic mass is 32.2. The Morgan fingerprint density at radius 3 is 2.94 bits per heavy atom. The molecule has 1 aliphatic heterocycles. The van der Waals surface area contributed by atoms with Gasteiger partial charge in [0.05, 0.1) is 12.3 Å². The zero-order chi connectivity index (χ0) is 11.5. The van der Waals surface area contributed by atoms with Crippen molar-refractivity contribution < 1.29 is 9.59 Å². The standard InChI is InChI=1S/C8H10N4O2S2/c1-2-9-7-5(10-11-16-7)3-12-6(13)4-15-8(12)14/h9H,2-4H2,1H3. The van der Waals surface area contributed by atoms with Gasteiger partial charge in [-0.05, 0) is 6.92 Å². The highest BCUT2D eigenvalue weighted by Gasteiger charge is 2.31. The topological polar surface area (TPSA) is 75.2 Å². The quantitative estimate of drug-likeness (QED) is 0.873. The van der Waals surface area contributed by atoms with E-state index in [9.17, 15) is 9.59 Å². The molecule has 0 unspecified atom stereocenters. The minimum absolute atomic E-state index is 0.162. The Morgan fingerprint density at radius 2 is 2.31 bits per heavy atom. The van der Waals surface area contributed by atoms with Gasteiger partial charge in [-0.15, -0.1) is 5.10 Å². The molecule has 1 aromatic rings. The van der Waals surface area contributed by atoms with Gasteiger partial charge in [-0.25, -0.2) is 0 Å². The molecule has 1 saturated heterocycles. The van der Waals surface area contributed by atoms with Crippen molar-refractivity contribution in [2.24, 2.45) is 0 Å². The summed E-state index contributed by atoms with van der Waals surface area (Å²) in [6.45, 7) is 2.93. The number of aromatic nitrogens is 2. The van der Waals surface area contributed by atoms with Crippen molar-refractivity contribution in [1.29, 1.82) is 0 Å². The van der Waals surface area contributed by atoms with Crippen molar-refractivity contribution in [3.05, 3.63) is 5.69 Å². The molecule has 0 atom stereocenters. The van der Waals surface area contributed by atoms with Gasteiger partial charge in [-0.3, -0.25) is 14.5 Å². The number of hydrogen-bond acceptors (Lipinski definition) is 7. The van der Waals surface area contributed by atoms with E-state index in [1.54, 1.807) is 0 Å². The van der Waals surface area contributed by atoms with Gasteiger partial charge in [0.2, 0.25) is 5.91 Å². The molecule has 2 heterocycles. The fourth-order valence-corrected chi connectivity index (χ4v) is 2.66. The van der Waals surface area contributed by atoms with Crippen LogP contribution in [-0.2, 0) is 11.3 Å². The number of amides is 2. The van der Waals surface area contributed by atoms with Gasteiger partial charge in [0.1, 0.15) is 10.7 Å². The smallest absolute Gasteiger partial charge is 0.289 e. The molecule has 0 bridgehead atoms. The lowest BCUT2D eigenvalue weighted by molar-refractivity contribution is -0.125. The van der Waals surface area contributed by atoms with Crippen LogP contribution in [0.1, 0.15) is 12.6 Å². The highest BCUT2D eigenvalue weighted by molar-refractivity contribution is 8.14. The van der Waals surface area contributed by atoms with E-state index in [1.807, 2.05) is 6.92 Å². The van der Waals surface area contributed by atoms with E-state index in [-0.39, 0.29) is 23.4 Å². The second kappa shape index (κ2) is 4.79. The Labute approximate surface area is 101 Å². The van der Waals surface area contributed by atoms with Crippen molar-refractivity contribution in [2.75, 3.05) is 17.6 Å². The Bertz CT molecular complexity index is 404. The maximum absolute atomic E-state index is 11.4. The van der Waals surface area contributed by atoms with E-state index in [0.717, 1.165) is 23.3 Å². The van der Waals surface area contributed by atoms with Gasteiger partial charge in [-0.1, -0.05) is 16.3 Å². The molecule has 2 rings (SSSR count).